The van der Waals surface area contributed by atoms with Crippen LogP contribution in [0.2, 0.25) is 0 Å². The van der Waals surface area contributed by atoms with Gasteiger partial charge in [0.1, 0.15) is 0 Å². The minimum Gasteiger partial charge on any atom is -0.493 e. The van der Waals surface area contributed by atoms with Crippen molar-refractivity contribution < 1.29 is 14.3 Å². The van der Waals surface area contributed by atoms with Gasteiger partial charge in [0.15, 0.2) is 11.5 Å². The van der Waals surface area contributed by atoms with Crippen molar-refractivity contribution >= 4 is 5.91 Å². The molecule has 3 N–H and O–H groups in total. The zero-order valence-corrected chi connectivity index (χ0v) is 12.4. The van der Waals surface area contributed by atoms with Crippen LogP contribution in [0.5, 0.6) is 11.5 Å². The van der Waals surface area contributed by atoms with Gasteiger partial charge in [-0.1, -0.05) is 6.07 Å². The Bertz CT molecular complexity index is 433. The molecule has 0 saturated carbocycles. The highest BCUT2D eigenvalue weighted by atomic mass is 16.5. The summed E-state index contributed by atoms with van der Waals surface area (Å²) in [7, 11) is 1.60. The number of nitrogens with two attached hydrogens (primary N) is 1. The van der Waals surface area contributed by atoms with Gasteiger partial charge in [-0.15, -0.1) is 0 Å². The van der Waals surface area contributed by atoms with Crippen LogP contribution in [0.3, 0.4) is 0 Å². The number of hydrogen-bond acceptors (Lipinski definition) is 4. The highest BCUT2D eigenvalue weighted by molar-refractivity contribution is 5.75. The van der Waals surface area contributed by atoms with Gasteiger partial charge in [0, 0.05) is 19.0 Å². The average molecular weight is 280 g/mol. The van der Waals surface area contributed by atoms with Gasteiger partial charge in [-0.3, -0.25) is 4.79 Å². The van der Waals surface area contributed by atoms with Crippen molar-refractivity contribution in [3.05, 3.63) is 23.8 Å². The second-order valence-electron chi connectivity index (χ2n) is 4.71. The Morgan fingerprint density at radius 2 is 2.15 bits per heavy atom. The molecule has 0 bridgehead atoms. The predicted octanol–water partition coefficient (Wildman–Crippen LogP) is 1.84. The minimum absolute atomic E-state index is 0.00940. The third-order valence-corrected chi connectivity index (χ3v) is 2.84. The van der Waals surface area contributed by atoms with Gasteiger partial charge >= 0.3 is 0 Å². The molecule has 112 valence electrons. The Kier molecular flexibility index (Phi) is 6.87. The fourth-order valence-electron chi connectivity index (χ4n) is 1.74. The van der Waals surface area contributed by atoms with Gasteiger partial charge in [0.25, 0.3) is 0 Å². The summed E-state index contributed by atoms with van der Waals surface area (Å²) in [6, 6.07) is 5.69. The lowest BCUT2D eigenvalue weighted by Crippen LogP contribution is -2.25. The smallest absolute Gasteiger partial charge is 0.220 e. The Labute approximate surface area is 120 Å². The molecule has 20 heavy (non-hydrogen) atoms. The Hall–Kier alpha value is -1.75. The second kappa shape index (κ2) is 8.43. The van der Waals surface area contributed by atoms with Crippen molar-refractivity contribution in [1.82, 2.24) is 5.32 Å². The van der Waals surface area contributed by atoms with Crippen molar-refractivity contribution in [1.29, 1.82) is 0 Å². The lowest BCUT2D eigenvalue weighted by atomic mass is 10.1. The maximum Gasteiger partial charge on any atom is 0.220 e. The molecule has 1 aromatic carbocycles. The molecule has 0 aliphatic rings. The van der Waals surface area contributed by atoms with E-state index in [2.05, 4.69) is 5.32 Å². The van der Waals surface area contributed by atoms with Crippen LogP contribution in [0.15, 0.2) is 18.2 Å². The highest BCUT2D eigenvalue weighted by Gasteiger charge is 2.07. The van der Waals surface area contributed by atoms with Crippen molar-refractivity contribution in [2.24, 2.45) is 5.73 Å². The molecule has 1 atom stereocenters. The van der Waals surface area contributed by atoms with Crippen LogP contribution in [-0.4, -0.2) is 25.7 Å². The quantitative estimate of drug-likeness (QED) is 0.762. The van der Waals surface area contributed by atoms with E-state index in [1.54, 1.807) is 7.11 Å². The average Bonchev–Trinajstić information content (AvgIpc) is 2.44. The van der Waals surface area contributed by atoms with E-state index in [-0.39, 0.29) is 11.9 Å². The largest absolute Gasteiger partial charge is 0.493 e. The predicted molar refractivity (Wildman–Crippen MR) is 78.9 cm³/mol. The van der Waals surface area contributed by atoms with Crippen molar-refractivity contribution in [3.63, 3.8) is 0 Å². The van der Waals surface area contributed by atoms with Crippen LogP contribution < -0.4 is 20.5 Å². The maximum atomic E-state index is 11.6. The van der Waals surface area contributed by atoms with Crippen LogP contribution in [0.1, 0.15) is 32.3 Å². The molecule has 0 aliphatic carbocycles. The number of hydrogen-bond donors (Lipinski definition) is 2. The normalized spacial score (nSPS) is 11.8. The van der Waals surface area contributed by atoms with E-state index < -0.39 is 0 Å². The van der Waals surface area contributed by atoms with Gasteiger partial charge < -0.3 is 20.5 Å². The van der Waals surface area contributed by atoms with E-state index in [0.29, 0.717) is 37.5 Å². The van der Waals surface area contributed by atoms with E-state index in [4.69, 9.17) is 15.2 Å². The molecule has 0 aliphatic heterocycles. The first-order valence-corrected chi connectivity index (χ1v) is 6.88. The molecule has 1 rings (SSSR count). The third-order valence-electron chi connectivity index (χ3n) is 2.84. The Morgan fingerprint density at radius 3 is 2.75 bits per heavy atom. The Balaban J connectivity index is 2.53. The van der Waals surface area contributed by atoms with Crippen LogP contribution in [-0.2, 0) is 11.3 Å². The third kappa shape index (κ3) is 5.48. The SMILES string of the molecule is CCOc1ccc(CNC(=O)CCC(C)N)cc1OC. The molecule has 0 fully saturated rings. The van der Waals surface area contributed by atoms with E-state index in [9.17, 15) is 4.79 Å². The number of benzene rings is 1. The fourth-order valence-corrected chi connectivity index (χ4v) is 1.74. The molecule has 5 heteroatoms. The standard InChI is InChI=1S/C15H24N2O3/c1-4-20-13-7-6-12(9-14(13)19-3)10-17-15(18)8-5-11(2)16/h6-7,9,11H,4-5,8,10,16H2,1-3H3,(H,17,18). The minimum atomic E-state index is 0.00940. The van der Waals surface area contributed by atoms with Gasteiger partial charge in [-0.25, -0.2) is 0 Å². The van der Waals surface area contributed by atoms with Crippen LogP contribution in [0, 0.1) is 0 Å². The van der Waals surface area contributed by atoms with Gasteiger partial charge in [0.2, 0.25) is 5.91 Å². The molecule has 0 radical (unpaired) electrons. The van der Waals surface area contributed by atoms with Gasteiger partial charge in [-0.2, -0.15) is 0 Å². The molecule has 1 amide bonds. The molecular weight excluding hydrogens is 256 g/mol. The fraction of sp³-hybridized carbons (Fsp3) is 0.533. The molecule has 0 aromatic heterocycles. The summed E-state index contributed by atoms with van der Waals surface area (Å²) in [6.07, 6.45) is 1.14. The highest BCUT2D eigenvalue weighted by Crippen LogP contribution is 2.27. The molecule has 0 saturated heterocycles. The van der Waals surface area contributed by atoms with E-state index in [0.717, 1.165) is 5.56 Å². The Morgan fingerprint density at radius 1 is 1.40 bits per heavy atom. The van der Waals surface area contributed by atoms with E-state index in [1.807, 2.05) is 32.0 Å². The van der Waals surface area contributed by atoms with Crippen LogP contribution in [0.25, 0.3) is 0 Å². The summed E-state index contributed by atoms with van der Waals surface area (Å²) < 4.78 is 10.7. The van der Waals surface area contributed by atoms with Crippen LogP contribution >= 0.6 is 0 Å². The van der Waals surface area contributed by atoms with Gasteiger partial charge in [0.05, 0.1) is 13.7 Å². The first kappa shape index (κ1) is 16.3. The van der Waals surface area contributed by atoms with E-state index >= 15 is 0 Å². The molecule has 1 aromatic rings. The zero-order valence-electron chi connectivity index (χ0n) is 12.4. The number of methoxy groups -OCH3 is 1. The summed E-state index contributed by atoms with van der Waals surface area (Å²) >= 11 is 0. The van der Waals surface area contributed by atoms with Crippen molar-refractivity contribution in [3.8, 4) is 11.5 Å². The molecule has 1 unspecified atom stereocenters. The number of rotatable bonds is 8. The number of carbonyl (C=O) groups excluding carboxylic acids is 1. The first-order chi connectivity index (χ1) is 9.56. The van der Waals surface area contributed by atoms with Crippen molar-refractivity contribution in [2.45, 2.75) is 39.3 Å². The summed E-state index contributed by atoms with van der Waals surface area (Å²) in [4.78, 5) is 11.6. The lowest BCUT2D eigenvalue weighted by molar-refractivity contribution is -0.121. The molecular formula is C15H24N2O3. The number of carbonyl (C=O) groups is 1. The topological polar surface area (TPSA) is 73.6 Å². The van der Waals surface area contributed by atoms with Crippen molar-refractivity contribution in [2.75, 3.05) is 13.7 Å². The molecule has 0 spiro atoms. The van der Waals surface area contributed by atoms with Crippen LogP contribution in [0.4, 0.5) is 0 Å². The monoisotopic (exact) mass is 280 g/mol. The molecule has 0 heterocycles. The molecule has 5 nitrogen and oxygen atoms in total. The zero-order chi connectivity index (χ0) is 15.0. The number of nitrogens with one attached hydrogen (secondary N) is 1. The second-order valence-corrected chi connectivity index (χ2v) is 4.71. The summed E-state index contributed by atoms with van der Waals surface area (Å²) in [6.45, 7) is 4.88. The van der Waals surface area contributed by atoms with E-state index in [1.165, 1.54) is 0 Å². The summed E-state index contributed by atoms with van der Waals surface area (Å²) in [5.74, 6) is 1.39. The maximum absolute atomic E-state index is 11.6. The van der Waals surface area contributed by atoms with Gasteiger partial charge in [-0.05, 0) is 38.0 Å². The summed E-state index contributed by atoms with van der Waals surface area (Å²) in [5, 5.41) is 2.87. The summed E-state index contributed by atoms with van der Waals surface area (Å²) in [5.41, 5.74) is 6.59. The first-order valence-electron chi connectivity index (χ1n) is 6.88. The number of ether oxygens (including phenoxy) is 2. The lowest BCUT2D eigenvalue weighted by Gasteiger charge is -2.12. The number of amides is 1.